The first-order valence-corrected chi connectivity index (χ1v) is 12.7. The van der Waals surface area contributed by atoms with Crippen LogP contribution in [0.15, 0.2) is 46.9 Å². The molecule has 0 atom stereocenters. The molecule has 0 aliphatic heterocycles. The molecule has 0 saturated carbocycles. The van der Waals surface area contributed by atoms with Crippen molar-refractivity contribution in [3.63, 3.8) is 0 Å². The van der Waals surface area contributed by atoms with E-state index in [0.717, 1.165) is 28.0 Å². The van der Waals surface area contributed by atoms with E-state index in [4.69, 9.17) is 4.74 Å². The van der Waals surface area contributed by atoms with Crippen molar-refractivity contribution in [3.8, 4) is 11.4 Å². The molecule has 32 heavy (non-hydrogen) atoms. The second-order valence-corrected chi connectivity index (χ2v) is 10.5. The minimum atomic E-state index is 0.0715. The third-order valence-corrected chi connectivity index (χ3v) is 7.02. The molecule has 6 nitrogen and oxygen atoms in total. The van der Waals surface area contributed by atoms with Gasteiger partial charge >= 0.3 is 0 Å². The first-order valence-electron chi connectivity index (χ1n) is 10.8. The smallest absolute Gasteiger partial charge is 0.233 e. The van der Waals surface area contributed by atoms with E-state index in [-0.39, 0.29) is 11.3 Å². The van der Waals surface area contributed by atoms with Gasteiger partial charge in [0.2, 0.25) is 5.91 Å². The highest BCUT2D eigenvalue weighted by atomic mass is 32.2. The van der Waals surface area contributed by atoms with Crippen molar-refractivity contribution in [1.82, 2.24) is 19.7 Å². The molecule has 8 heteroatoms. The number of amides is 1. The molecule has 0 radical (unpaired) electrons. The first-order chi connectivity index (χ1) is 15.3. The maximum absolute atomic E-state index is 13.0. The summed E-state index contributed by atoms with van der Waals surface area (Å²) in [4.78, 5) is 16.0. The van der Waals surface area contributed by atoms with Crippen LogP contribution in [0.5, 0.6) is 0 Å². The number of benzene rings is 1. The largest absolute Gasteiger partial charge is 0.383 e. The second kappa shape index (κ2) is 11.1. The molecule has 1 aromatic carbocycles. The number of rotatable bonds is 10. The lowest BCUT2D eigenvalue weighted by Crippen LogP contribution is -2.34. The van der Waals surface area contributed by atoms with Gasteiger partial charge in [-0.1, -0.05) is 62.9 Å². The van der Waals surface area contributed by atoms with Gasteiger partial charge in [-0.15, -0.1) is 21.5 Å². The summed E-state index contributed by atoms with van der Waals surface area (Å²) in [5.74, 6) is 1.22. The van der Waals surface area contributed by atoms with Crippen LogP contribution in [-0.4, -0.2) is 51.6 Å². The van der Waals surface area contributed by atoms with Gasteiger partial charge in [-0.05, 0) is 29.3 Å². The lowest BCUT2D eigenvalue weighted by Gasteiger charge is -2.21. The van der Waals surface area contributed by atoms with Gasteiger partial charge in [0.15, 0.2) is 11.0 Å². The van der Waals surface area contributed by atoms with Crippen molar-refractivity contribution in [1.29, 1.82) is 0 Å². The van der Waals surface area contributed by atoms with Crippen molar-refractivity contribution in [2.75, 3.05) is 26.0 Å². The Balaban J connectivity index is 1.70. The summed E-state index contributed by atoms with van der Waals surface area (Å²) < 4.78 is 7.27. The molecule has 0 fully saturated rings. The van der Waals surface area contributed by atoms with E-state index >= 15 is 0 Å². The van der Waals surface area contributed by atoms with Crippen LogP contribution in [0.4, 0.5) is 0 Å². The minimum Gasteiger partial charge on any atom is -0.383 e. The van der Waals surface area contributed by atoms with Gasteiger partial charge in [-0.2, -0.15) is 0 Å². The lowest BCUT2D eigenvalue weighted by atomic mass is 9.87. The predicted octanol–water partition coefficient (Wildman–Crippen LogP) is 5.09. The van der Waals surface area contributed by atoms with Crippen LogP contribution in [0.25, 0.3) is 11.4 Å². The number of nitrogens with zero attached hydrogens (tertiary/aromatic N) is 4. The van der Waals surface area contributed by atoms with E-state index < -0.39 is 0 Å². The number of thiophene rings is 1. The number of carbonyl (C=O) groups is 1. The summed E-state index contributed by atoms with van der Waals surface area (Å²) in [5.41, 5.74) is 2.42. The lowest BCUT2D eigenvalue weighted by molar-refractivity contribution is -0.129. The Bertz CT molecular complexity index is 992. The number of thioether (sulfide) groups is 1. The minimum absolute atomic E-state index is 0.0715. The molecule has 2 heterocycles. The summed E-state index contributed by atoms with van der Waals surface area (Å²) in [6.45, 7) is 11.1. The van der Waals surface area contributed by atoms with Gasteiger partial charge in [0.1, 0.15) is 0 Å². The van der Waals surface area contributed by atoms with Gasteiger partial charge < -0.3 is 14.2 Å². The normalized spacial score (nSPS) is 11.7. The Hall–Kier alpha value is -2.16. The number of ether oxygens (including phenoxy) is 1. The molecule has 0 saturated heterocycles. The van der Waals surface area contributed by atoms with E-state index in [1.54, 1.807) is 18.4 Å². The predicted molar refractivity (Wildman–Crippen MR) is 132 cm³/mol. The quantitative estimate of drug-likeness (QED) is 0.385. The summed E-state index contributed by atoms with van der Waals surface area (Å²) in [7, 11) is 1.65. The van der Waals surface area contributed by atoms with Crippen LogP contribution in [0.3, 0.4) is 0 Å². The number of hydrogen-bond donors (Lipinski definition) is 0. The van der Waals surface area contributed by atoms with E-state index in [0.29, 0.717) is 25.4 Å². The van der Waals surface area contributed by atoms with Gasteiger partial charge in [0.25, 0.3) is 0 Å². The number of hydrogen-bond acceptors (Lipinski definition) is 6. The molecule has 0 aliphatic carbocycles. The third-order valence-electron chi connectivity index (χ3n) is 5.21. The molecule has 3 rings (SSSR count). The monoisotopic (exact) mass is 472 g/mol. The van der Waals surface area contributed by atoms with Gasteiger partial charge in [0, 0.05) is 30.6 Å². The van der Waals surface area contributed by atoms with E-state index in [9.17, 15) is 4.79 Å². The van der Waals surface area contributed by atoms with Crippen LogP contribution >= 0.6 is 23.1 Å². The fourth-order valence-electron chi connectivity index (χ4n) is 3.32. The van der Waals surface area contributed by atoms with Crippen molar-refractivity contribution < 1.29 is 9.53 Å². The summed E-state index contributed by atoms with van der Waals surface area (Å²) in [5, 5.41) is 11.6. The Morgan fingerprint density at radius 1 is 1.19 bits per heavy atom. The molecule has 3 aromatic rings. The van der Waals surface area contributed by atoms with Crippen molar-refractivity contribution in [2.24, 2.45) is 0 Å². The van der Waals surface area contributed by atoms with Crippen molar-refractivity contribution >= 4 is 29.0 Å². The number of methoxy groups -OCH3 is 1. The summed E-state index contributed by atoms with van der Waals surface area (Å²) in [6.07, 6.45) is 0. The molecule has 0 N–H and O–H groups in total. The Labute approximate surface area is 199 Å². The van der Waals surface area contributed by atoms with Crippen molar-refractivity contribution in [2.45, 2.75) is 51.4 Å². The fourth-order valence-corrected chi connectivity index (χ4v) is 4.94. The fraction of sp³-hybridized carbons (Fsp3) is 0.458. The highest BCUT2D eigenvalue weighted by molar-refractivity contribution is 7.99. The van der Waals surface area contributed by atoms with Gasteiger partial charge in [-0.3, -0.25) is 4.79 Å². The van der Waals surface area contributed by atoms with E-state index in [1.807, 2.05) is 16.3 Å². The topological polar surface area (TPSA) is 60.2 Å². The van der Waals surface area contributed by atoms with Gasteiger partial charge in [-0.25, -0.2) is 0 Å². The summed E-state index contributed by atoms with van der Waals surface area (Å²) >= 11 is 3.10. The molecule has 1 amide bonds. The highest BCUT2D eigenvalue weighted by Crippen LogP contribution is 2.28. The molecule has 0 unspecified atom stereocenters. The molecule has 0 bridgehead atoms. The zero-order valence-corrected chi connectivity index (χ0v) is 21.1. The molecular weight excluding hydrogens is 440 g/mol. The maximum atomic E-state index is 13.0. The molecule has 2 aromatic heterocycles. The maximum Gasteiger partial charge on any atom is 0.233 e. The van der Waals surface area contributed by atoms with Crippen LogP contribution in [0.2, 0.25) is 0 Å². The number of aromatic nitrogens is 3. The number of carbonyl (C=O) groups excluding carboxylic acids is 1. The van der Waals surface area contributed by atoms with E-state index in [1.165, 1.54) is 17.3 Å². The molecular formula is C24H32N4O2S2. The Kier molecular flexibility index (Phi) is 8.51. The second-order valence-electron chi connectivity index (χ2n) is 8.55. The van der Waals surface area contributed by atoms with Crippen LogP contribution < -0.4 is 0 Å². The van der Waals surface area contributed by atoms with Crippen LogP contribution in [0, 0.1) is 0 Å². The summed E-state index contributed by atoms with van der Waals surface area (Å²) in [6, 6.07) is 12.6. The standard InChI is InChI=1S/C24H32N4O2S2/c1-6-28-22(18-9-11-19(12-10-18)24(2,3)4)25-26-23(28)32-17-21(29)27(13-14-30-5)16-20-8-7-15-31-20/h7-12,15H,6,13-14,16-17H2,1-5H3. The molecule has 172 valence electrons. The zero-order chi connectivity index (χ0) is 23.1. The van der Waals surface area contributed by atoms with Gasteiger partial charge in [0.05, 0.1) is 18.9 Å². The van der Waals surface area contributed by atoms with Crippen molar-refractivity contribution in [3.05, 3.63) is 52.2 Å². The van der Waals surface area contributed by atoms with E-state index in [2.05, 4.69) is 72.8 Å². The highest BCUT2D eigenvalue weighted by Gasteiger charge is 2.19. The average molecular weight is 473 g/mol. The Morgan fingerprint density at radius 3 is 2.53 bits per heavy atom. The molecule has 0 aliphatic rings. The first kappa shape index (κ1) is 24.5. The third kappa shape index (κ3) is 6.21. The van der Waals surface area contributed by atoms with Crippen LogP contribution in [0.1, 0.15) is 38.1 Å². The molecule has 0 spiro atoms. The zero-order valence-electron chi connectivity index (χ0n) is 19.5. The SMILES string of the molecule is CCn1c(SCC(=O)N(CCOC)Cc2cccs2)nnc1-c1ccc(C(C)(C)C)cc1. The average Bonchev–Trinajstić information content (AvgIpc) is 3.43. The Morgan fingerprint density at radius 2 is 1.94 bits per heavy atom. The van der Waals surface area contributed by atoms with Crippen LogP contribution in [-0.2, 0) is 28.0 Å².